The zero-order chi connectivity index (χ0) is 11.0. The van der Waals surface area contributed by atoms with Crippen molar-refractivity contribution >= 4 is 5.91 Å². The van der Waals surface area contributed by atoms with Gasteiger partial charge in [-0.1, -0.05) is 25.7 Å². The summed E-state index contributed by atoms with van der Waals surface area (Å²) in [5, 5.41) is 0. The van der Waals surface area contributed by atoms with E-state index in [1.54, 1.807) is 0 Å². The van der Waals surface area contributed by atoms with E-state index in [0.717, 1.165) is 37.8 Å². The van der Waals surface area contributed by atoms with Gasteiger partial charge in [-0.2, -0.15) is 0 Å². The molecule has 0 bridgehead atoms. The monoisotopic (exact) mass is 221 g/mol. The molecule has 2 unspecified atom stereocenters. The normalized spacial score (nSPS) is 35.4. The lowest BCUT2D eigenvalue weighted by atomic mass is 9.88. The highest BCUT2D eigenvalue weighted by Crippen LogP contribution is 2.39. The first-order chi connectivity index (χ1) is 7.84. The predicted octanol–water partition coefficient (Wildman–Crippen LogP) is 2.83. The first-order valence-electron chi connectivity index (χ1n) is 7.13. The Morgan fingerprint density at radius 3 is 2.06 bits per heavy atom. The number of carbonyl (C=O) groups excluding carboxylic acids is 1. The molecule has 16 heavy (non-hydrogen) atoms. The van der Waals surface area contributed by atoms with Gasteiger partial charge in [0.05, 0.1) is 0 Å². The van der Waals surface area contributed by atoms with Crippen molar-refractivity contribution in [2.75, 3.05) is 13.1 Å². The Balaban J connectivity index is 1.59. The summed E-state index contributed by atoms with van der Waals surface area (Å²) < 4.78 is 0. The Hall–Kier alpha value is -0.530. The van der Waals surface area contributed by atoms with E-state index < -0.39 is 0 Å². The highest BCUT2D eigenvalue weighted by molar-refractivity contribution is 5.79. The SMILES string of the molecule is O=C(C1CCCCC1)N1CC2CCCC2C1. The zero-order valence-corrected chi connectivity index (χ0v) is 10.2. The van der Waals surface area contributed by atoms with E-state index in [0.29, 0.717) is 11.8 Å². The molecular formula is C14H23NO. The first kappa shape index (κ1) is 10.6. The van der Waals surface area contributed by atoms with Gasteiger partial charge in [0, 0.05) is 19.0 Å². The summed E-state index contributed by atoms with van der Waals surface area (Å²) in [4.78, 5) is 14.6. The van der Waals surface area contributed by atoms with Crippen LogP contribution in [0.15, 0.2) is 0 Å². The molecule has 2 atom stereocenters. The van der Waals surface area contributed by atoms with Crippen LogP contribution in [0, 0.1) is 17.8 Å². The molecule has 3 fully saturated rings. The van der Waals surface area contributed by atoms with Crippen LogP contribution in [0.5, 0.6) is 0 Å². The predicted molar refractivity (Wildman–Crippen MR) is 64.0 cm³/mol. The third kappa shape index (κ3) is 1.87. The van der Waals surface area contributed by atoms with Crippen molar-refractivity contribution in [3.63, 3.8) is 0 Å². The van der Waals surface area contributed by atoms with E-state index in [1.165, 1.54) is 38.5 Å². The van der Waals surface area contributed by atoms with Crippen molar-refractivity contribution in [2.45, 2.75) is 51.4 Å². The lowest BCUT2D eigenvalue weighted by molar-refractivity contribution is -0.135. The maximum absolute atomic E-state index is 12.4. The Kier molecular flexibility index (Phi) is 2.91. The molecule has 0 spiro atoms. The van der Waals surface area contributed by atoms with Crippen LogP contribution >= 0.6 is 0 Å². The van der Waals surface area contributed by atoms with Gasteiger partial charge in [-0.05, 0) is 37.5 Å². The van der Waals surface area contributed by atoms with Gasteiger partial charge < -0.3 is 4.90 Å². The molecule has 2 aliphatic carbocycles. The van der Waals surface area contributed by atoms with Gasteiger partial charge in [0.2, 0.25) is 5.91 Å². The molecule has 0 aromatic rings. The molecule has 0 radical (unpaired) electrons. The largest absolute Gasteiger partial charge is 0.342 e. The van der Waals surface area contributed by atoms with Gasteiger partial charge >= 0.3 is 0 Å². The summed E-state index contributed by atoms with van der Waals surface area (Å²) in [5.41, 5.74) is 0. The van der Waals surface area contributed by atoms with E-state index >= 15 is 0 Å². The van der Waals surface area contributed by atoms with Gasteiger partial charge in [0.1, 0.15) is 0 Å². The quantitative estimate of drug-likeness (QED) is 0.666. The van der Waals surface area contributed by atoms with Crippen LogP contribution in [0.25, 0.3) is 0 Å². The molecule has 1 heterocycles. The Labute approximate surface area is 98.4 Å². The highest BCUT2D eigenvalue weighted by atomic mass is 16.2. The second-order valence-corrected chi connectivity index (χ2v) is 6.03. The molecular weight excluding hydrogens is 198 g/mol. The number of hydrogen-bond acceptors (Lipinski definition) is 1. The van der Waals surface area contributed by atoms with Crippen molar-refractivity contribution in [3.05, 3.63) is 0 Å². The van der Waals surface area contributed by atoms with Crippen LogP contribution < -0.4 is 0 Å². The number of carbonyl (C=O) groups is 1. The lowest BCUT2D eigenvalue weighted by Crippen LogP contribution is -2.35. The number of hydrogen-bond donors (Lipinski definition) is 0. The average Bonchev–Trinajstić information content (AvgIpc) is 2.89. The molecule has 2 saturated carbocycles. The van der Waals surface area contributed by atoms with Crippen LogP contribution in [0.2, 0.25) is 0 Å². The van der Waals surface area contributed by atoms with E-state index in [2.05, 4.69) is 4.90 Å². The molecule has 1 saturated heterocycles. The van der Waals surface area contributed by atoms with Crippen LogP contribution in [0.3, 0.4) is 0 Å². The molecule has 2 heteroatoms. The smallest absolute Gasteiger partial charge is 0.225 e. The fourth-order valence-corrected chi connectivity index (χ4v) is 4.02. The molecule has 0 N–H and O–H groups in total. The van der Waals surface area contributed by atoms with Crippen LogP contribution in [0.4, 0.5) is 0 Å². The minimum atomic E-state index is 0.382. The number of likely N-dealkylation sites (tertiary alicyclic amines) is 1. The second kappa shape index (κ2) is 4.38. The number of amides is 1. The van der Waals surface area contributed by atoms with Gasteiger partial charge in [-0.3, -0.25) is 4.79 Å². The van der Waals surface area contributed by atoms with Gasteiger partial charge in [0.25, 0.3) is 0 Å². The van der Waals surface area contributed by atoms with Crippen molar-refractivity contribution in [1.29, 1.82) is 0 Å². The maximum Gasteiger partial charge on any atom is 0.225 e. The minimum Gasteiger partial charge on any atom is -0.342 e. The van der Waals surface area contributed by atoms with Crippen molar-refractivity contribution < 1.29 is 4.79 Å². The van der Waals surface area contributed by atoms with Crippen molar-refractivity contribution in [3.8, 4) is 0 Å². The molecule has 3 rings (SSSR count). The second-order valence-electron chi connectivity index (χ2n) is 6.03. The van der Waals surface area contributed by atoms with Crippen LogP contribution in [-0.4, -0.2) is 23.9 Å². The Morgan fingerprint density at radius 1 is 0.812 bits per heavy atom. The number of fused-ring (bicyclic) bond motifs is 1. The number of rotatable bonds is 1. The summed E-state index contributed by atoms with van der Waals surface area (Å²) >= 11 is 0. The zero-order valence-electron chi connectivity index (χ0n) is 10.2. The van der Waals surface area contributed by atoms with Crippen molar-refractivity contribution in [2.24, 2.45) is 17.8 Å². The minimum absolute atomic E-state index is 0.382. The topological polar surface area (TPSA) is 20.3 Å². The molecule has 2 nitrogen and oxygen atoms in total. The molecule has 3 aliphatic rings. The summed E-state index contributed by atoms with van der Waals surface area (Å²) in [5.74, 6) is 2.58. The third-order valence-corrected chi connectivity index (χ3v) is 4.99. The van der Waals surface area contributed by atoms with E-state index in [-0.39, 0.29) is 0 Å². The Bertz CT molecular complexity index is 258. The van der Waals surface area contributed by atoms with Crippen LogP contribution in [-0.2, 0) is 4.79 Å². The van der Waals surface area contributed by atoms with Gasteiger partial charge in [-0.25, -0.2) is 0 Å². The van der Waals surface area contributed by atoms with E-state index in [1.807, 2.05) is 0 Å². The molecule has 0 aromatic heterocycles. The summed E-state index contributed by atoms with van der Waals surface area (Å²) in [6, 6.07) is 0. The standard InChI is InChI=1S/C14H23NO/c16-14(11-5-2-1-3-6-11)15-9-12-7-4-8-13(12)10-15/h11-13H,1-10H2. The Morgan fingerprint density at radius 2 is 1.44 bits per heavy atom. The van der Waals surface area contributed by atoms with E-state index in [4.69, 9.17) is 0 Å². The molecule has 1 amide bonds. The number of nitrogens with zero attached hydrogens (tertiary/aromatic N) is 1. The van der Waals surface area contributed by atoms with Gasteiger partial charge in [0.15, 0.2) is 0 Å². The summed E-state index contributed by atoms with van der Waals surface area (Å²) in [6.45, 7) is 2.17. The highest BCUT2D eigenvalue weighted by Gasteiger charge is 2.39. The fourth-order valence-electron chi connectivity index (χ4n) is 4.02. The summed E-state index contributed by atoms with van der Waals surface area (Å²) in [7, 11) is 0. The molecule has 1 aliphatic heterocycles. The summed E-state index contributed by atoms with van der Waals surface area (Å²) in [6.07, 6.45) is 10.4. The molecule has 0 aromatic carbocycles. The van der Waals surface area contributed by atoms with Gasteiger partial charge in [-0.15, -0.1) is 0 Å². The lowest BCUT2D eigenvalue weighted by Gasteiger charge is -2.26. The maximum atomic E-state index is 12.4. The van der Waals surface area contributed by atoms with E-state index in [9.17, 15) is 4.79 Å². The fraction of sp³-hybridized carbons (Fsp3) is 0.929. The molecule has 90 valence electrons. The average molecular weight is 221 g/mol. The third-order valence-electron chi connectivity index (χ3n) is 4.99. The first-order valence-corrected chi connectivity index (χ1v) is 7.13. The van der Waals surface area contributed by atoms with Crippen molar-refractivity contribution in [1.82, 2.24) is 4.90 Å². The van der Waals surface area contributed by atoms with Crippen LogP contribution in [0.1, 0.15) is 51.4 Å².